The second kappa shape index (κ2) is 42.9. The van der Waals surface area contributed by atoms with E-state index < -0.39 is 181 Å². The Bertz CT molecular complexity index is 5030. The number of carbonyl (C=O) groups is 14. The highest BCUT2D eigenvalue weighted by Crippen LogP contribution is 2.26. The van der Waals surface area contributed by atoms with Gasteiger partial charge in [0.25, 0.3) is 0 Å². The molecule has 35 heteroatoms. The molecule has 20 N–H and O–H groups in total. The van der Waals surface area contributed by atoms with Gasteiger partial charge in [-0.15, -0.1) is 11.8 Å². The van der Waals surface area contributed by atoms with E-state index in [2.05, 4.69) is 73.8 Å². The summed E-state index contributed by atoms with van der Waals surface area (Å²) >= 11 is 0.831. The Morgan fingerprint density at radius 2 is 0.884 bits per heavy atom. The zero-order valence-electron chi connectivity index (χ0n) is 67.1. The smallest absolute Gasteiger partial charge is 0.246 e. The van der Waals surface area contributed by atoms with Gasteiger partial charge in [0.15, 0.2) is 0 Å². The lowest BCUT2D eigenvalue weighted by atomic mass is 9.99. The molecule has 0 bridgehead atoms. The minimum Gasteiger partial charge on any atom is -0.508 e. The zero-order valence-corrected chi connectivity index (χ0v) is 68.0. The Balaban J connectivity index is 1.01. The van der Waals surface area contributed by atoms with E-state index in [0.717, 1.165) is 11.8 Å². The lowest BCUT2D eigenvalue weighted by molar-refractivity contribution is -0.142. The minimum absolute atomic E-state index is 0.00665. The predicted octanol–water partition coefficient (Wildman–Crippen LogP) is 0.520. The molecule has 14 amide bonds. The first kappa shape index (κ1) is 90.0. The maximum absolute atomic E-state index is 15.4. The predicted molar refractivity (Wildman–Crippen MR) is 448 cm³/mol. The zero-order chi connectivity index (χ0) is 87.0. The van der Waals surface area contributed by atoms with Gasteiger partial charge in [0, 0.05) is 85.0 Å². The summed E-state index contributed by atoms with van der Waals surface area (Å²) < 4.78 is 0. The first-order valence-corrected chi connectivity index (χ1v) is 40.9. The summed E-state index contributed by atoms with van der Waals surface area (Å²) in [4.78, 5) is 212. The van der Waals surface area contributed by atoms with E-state index in [1.54, 1.807) is 119 Å². The number of aliphatic hydroxyl groups is 1. The van der Waals surface area contributed by atoms with Gasteiger partial charge in [-0.2, -0.15) is 0 Å². The molecule has 640 valence electrons. The van der Waals surface area contributed by atoms with Gasteiger partial charge in [0.1, 0.15) is 83.7 Å². The Hall–Kier alpha value is -13.3. The van der Waals surface area contributed by atoms with Gasteiger partial charge in [0.2, 0.25) is 82.7 Å². The SMILES string of the molecule is CC(C)C[C@@H]1NC(=O)[C@H](Cc2c[nH]c3ccccc23)NC(=O)[C@H](Cc2ccc(O)cc2)NC(=O)[C@H](Cc2c[nH]c3ccccc23)NC(=O)CNC(=O)[C@H](CO)NC(=O)[C@H](Cc2ccc(O)cc2)NC(=O)[C@H](C(C)C)NC(=O)[C@@H]2CCCN2C(=O)[C@H](Cc2ccc(O)cc2)NC(=O)[C@H](Cc2ccccc2)NC(=O)CSC[C@@H](C(=O)NCC(N)=O)NC1=O. The Morgan fingerprint density at radius 3 is 1.38 bits per heavy atom. The largest absolute Gasteiger partial charge is 0.508 e. The number of carbonyl (C=O) groups excluding carboxylic acids is 14. The number of thioether (sulfide) groups is 1. The first-order valence-electron chi connectivity index (χ1n) is 39.8. The van der Waals surface area contributed by atoms with Crippen molar-refractivity contribution in [2.45, 2.75) is 152 Å². The maximum atomic E-state index is 15.4. The average Bonchev–Trinajstić information content (AvgIpc) is 1.69. The third-order valence-electron chi connectivity index (χ3n) is 20.7. The van der Waals surface area contributed by atoms with E-state index in [1.165, 1.54) is 77.7 Å². The maximum Gasteiger partial charge on any atom is 0.246 e. The van der Waals surface area contributed by atoms with Crippen molar-refractivity contribution in [1.82, 2.24) is 78.7 Å². The van der Waals surface area contributed by atoms with Crippen molar-refractivity contribution in [1.29, 1.82) is 0 Å². The van der Waals surface area contributed by atoms with Crippen molar-refractivity contribution in [2.75, 3.05) is 37.7 Å². The number of phenols is 3. The molecule has 4 heterocycles. The molecule has 6 aromatic carbocycles. The van der Waals surface area contributed by atoms with Crippen molar-refractivity contribution in [3.63, 3.8) is 0 Å². The number of aromatic hydroxyl groups is 3. The van der Waals surface area contributed by atoms with Crippen molar-refractivity contribution >= 4 is 116 Å². The molecule has 0 aliphatic carbocycles. The summed E-state index contributed by atoms with van der Waals surface area (Å²) in [6.07, 6.45) is 2.06. The molecule has 8 aromatic rings. The summed E-state index contributed by atoms with van der Waals surface area (Å²) in [5.74, 6) is -15.1. The highest BCUT2D eigenvalue weighted by molar-refractivity contribution is 8.00. The van der Waals surface area contributed by atoms with Gasteiger partial charge in [-0.3, -0.25) is 67.1 Å². The fourth-order valence-electron chi connectivity index (χ4n) is 14.3. The molecule has 2 aliphatic rings. The van der Waals surface area contributed by atoms with E-state index in [1.807, 2.05) is 0 Å². The van der Waals surface area contributed by atoms with E-state index in [4.69, 9.17) is 5.73 Å². The Kier molecular flexibility index (Phi) is 31.9. The highest BCUT2D eigenvalue weighted by atomic mass is 32.2. The minimum atomic E-state index is -1.82. The fraction of sp³-hybridized carbons (Fsp3) is 0.372. The first-order chi connectivity index (χ1) is 57.9. The van der Waals surface area contributed by atoms with Crippen LogP contribution in [0.2, 0.25) is 0 Å². The van der Waals surface area contributed by atoms with Gasteiger partial charge >= 0.3 is 0 Å². The molecule has 0 radical (unpaired) electrons. The molecule has 10 rings (SSSR count). The summed E-state index contributed by atoms with van der Waals surface area (Å²) in [5.41, 5.74) is 9.61. The van der Waals surface area contributed by atoms with Crippen molar-refractivity contribution in [3.8, 4) is 17.2 Å². The number of phenolic OH excluding ortho intramolecular Hbond substituents is 3. The van der Waals surface area contributed by atoms with E-state index in [9.17, 15) is 63.6 Å². The third-order valence-corrected chi connectivity index (χ3v) is 21.7. The van der Waals surface area contributed by atoms with Gasteiger partial charge in [0.05, 0.1) is 25.4 Å². The van der Waals surface area contributed by atoms with Gasteiger partial charge in [-0.05, 0) is 113 Å². The van der Waals surface area contributed by atoms with Crippen LogP contribution in [0.5, 0.6) is 17.2 Å². The number of nitrogens with two attached hydrogens (primary N) is 1. The number of primary amides is 1. The number of rotatable bonds is 19. The molecule has 11 atom stereocenters. The highest BCUT2D eigenvalue weighted by Gasteiger charge is 2.42. The second-order valence-corrected chi connectivity index (χ2v) is 31.8. The monoisotopic (exact) mass is 1680 g/mol. The molecule has 0 saturated carbocycles. The van der Waals surface area contributed by atoms with Crippen molar-refractivity contribution < 1.29 is 87.5 Å². The van der Waals surface area contributed by atoms with Crippen LogP contribution in [0.3, 0.4) is 0 Å². The van der Waals surface area contributed by atoms with Crippen LogP contribution in [-0.4, -0.2) is 222 Å². The lowest BCUT2D eigenvalue weighted by Crippen LogP contribution is -2.61. The number of aromatic nitrogens is 2. The van der Waals surface area contributed by atoms with E-state index in [-0.39, 0.29) is 93.3 Å². The van der Waals surface area contributed by atoms with Crippen LogP contribution in [0.1, 0.15) is 80.3 Å². The number of para-hydroxylation sites is 2. The molecular formula is C86H102N16O18S. The lowest BCUT2D eigenvalue weighted by Gasteiger charge is -2.32. The second-order valence-electron chi connectivity index (χ2n) is 30.7. The van der Waals surface area contributed by atoms with Gasteiger partial charge in [-0.1, -0.05) is 131 Å². The topological polar surface area (TPSA) is 525 Å². The van der Waals surface area contributed by atoms with Crippen LogP contribution in [0.15, 0.2) is 164 Å². The van der Waals surface area contributed by atoms with E-state index in [0.29, 0.717) is 55.2 Å². The number of fused-ring (bicyclic) bond motifs is 3. The molecule has 2 aromatic heterocycles. The molecule has 34 nitrogen and oxygen atoms in total. The number of H-pyrrole nitrogens is 2. The normalized spacial score (nSPS) is 22.5. The quantitative estimate of drug-likeness (QED) is 0.0525. The van der Waals surface area contributed by atoms with Gasteiger partial charge < -0.3 is 105 Å². The number of benzene rings is 6. The average molecular weight is 1680 g/mol. The summed E-state index contributed by atoms with van der Waals surface area (Å²) in [7, 11) is 0. The number of amides is 14. The van der Waals surface area contributed by atoms with Crippen molar-refractivity contribution in [2.24, 2.45) is 17.6 Å². The van der Waals surface area contributed by atoms with Crippen LogP contribution >= 0.6 is 11.8 Å². The van der Waals surface area contributed by atoms with Crippen molar-refractivity contribution in [3.05, 3.63) is 197 Å². The number of nitrogens with one attached hydrogen (secondary N) is 14. The molecular weight excluding hydrogens is 1580 g/mol. The van der Waals surface area contributed by atoms with Gasteiger partial charge in [-0.25, -0.2) is 0 Å². The number of hydrogen-bond donors (Lipinski definition) is 19. The Labute approximate surface area is 701 Å². The summed E-state index contributed by atoms with van der Waals surface area (Å²) in [5, 5.41) is 74.8. The molecule has 2 fully saturated rings. The van der Waals surface area contributed by atoms with E-state index >= 15 is 24.0 Å². The molecule has 0 spiro atoms. The number of hydrogen-bond acceptors (Lipinski definition) is 19. The van der Waals surface area contributed by atoms with Crippen LogP contribution in [0.25, 0.3) is 21.8 Å². The summed E-state index contributed by atoms with van der Waals surface area (Å²) in [6.45, 7) is 4.08. The summed E-state index contributed by atoms with van der Waals surface area (Å²) in [6, 6.07) is 23.0. The van der Waals surface area contributed by atoms with Crippen LogP contribution < -0.4 is 69.5 Å². The molecule has 0 unspecified atom stereocenters. The number of aromatic amines is 2. The van der Waals surface area contributed by atoms with Crippen LogP contribution in [0, 0.1) is 11.8 Å². The van der Waals surface area contributed by atoms with Crippen LogP contribution in [-0.2, 0) is 106 Å². The van der Waals surface area contributed by atoms with Crippen LogP contribution in [0.4, 0.5) is 0 Å². The number of nitrogens with zero attached hydrogens (tertiary/aromatic N) is 1. The molecule has 2 aliphatic heterocycles. The fourth-order valence-corrected chi connectivity index (χ4v) is 15.2. The molecule has 2 saturated heterocycles. The standard InChI is InChI=1S/C86H102N16O18S/c1-47(2)33-62-78(112)100-70(77(111)90-42-72(87)107)45-121-46-74(109)93-63(34-49-13-6-5-7-14-49)79(113)98-68(37-52-24-30-57(106)31-25-52)86(120)102-32-12-19-71(102)84(118)101-75(48(3)4)85(119)97-65(36-51-22-28-56(105)29-23-51)81(115)99-69(44-103)76(110)91-43-73(108)92-66(38-53-40-88-60-17-10-8-15-58(53)60)82(116)95-64(35-50-20-26-55(104)27-21-50)80(114)96-67(83(117)94-62)39-54-41-89-61-18-11-9-16-59(54)61/h5-11,13-18,20-31,40-41,47-48,62-71,75,88-89,103-106H,12,19,32-39,42-46H2,1-4H3,(H2,87,107)(H,90,111)(H,91,110)(H,92,108)(H,93,109)(H,94,117)(H,95,116)(H,96,114)(H,97,119)(H,98,113)(H,99,115)(H,100,112)(H,101,118)/t62-,63-,64-,65-,66-,67-,68-,69-,70-,71-,75-/m0/s1. The molecule has 121 heavy (non-hydrogen) atoms. The Morgan fingerprint density at radius 1 is 0.463 bits per heavy atom. The number of aliphatic hydroxyl groups excluding tert-OH is 1. The third kappa shape index (κ3) is 25.8.